The molecule has 1 fully saturated rings. The fourth-order valence-corrected chi connectivity index (χ4v) is 5.50. The third kappa shape index (κ3) is 4.53. The van der Waals surface area contributed by atoms with Gasteiger partial charge in [-0.25, -0.2) is 13.2 Å². The third-order valence-corrected chi connectivity index (χ3v) is 7.17. The zero-order chi connectivity index (χ0) is 21.9. The number of carbonyl (C=O) groups excluding carboxylic acids is 2. The fourth-order valence-electron chi connectivity index (χ4n) is 3.74. The first-order valence-electron chi connectivity index (χ1n) is 9.54. The number of aromatic nitrogens is 1. The number of primary amides is 1. The van der Waals surface area contributed by atoms with Crippen LogP contribution in [0.4, 0.5) is 4.79 Å². The lowest BCUT2D eigenvalue weighted by Crippen LogP contribution is -2.46. The van der Waals surface area contributed by atoms with E-state index >= 15 is 0 Å². The van der Waals surface area contributed by atoms with Gasteiger partial charge in [-0.1, -0.05) is 35.5 Å². The number of urea groups is 1. The van der Waals surface area contributed by atoms with E-state index < -0.39 is 28.0 Å². The fraction of sp³-hybridized carbons (Fsp3) is 0.421. The topological polar surface area (TPSA) is 139 Å². The second kappa shape index (κ2) is 8.94. The highest BCUT2D eigenvalue weighted by Crippen LogP contribution is 2.27. The average molecular weight is 436 g/mol. The van der Waals surface area contributed by atoms with E-state index in [0.717, 1.165) is 0 Å². The minimum Gasteiger partial charge on any atom is -0.360 e. The van der Waals surface area contributed by atoms with Crippen LogP contribution in [-0.2, 0) is 14.8 Å². The van der Waals surface area contributed by atoms with Crippen LogP contribution in [0.3, 0.4) is 0 Å². The van der Waals surface area contributed by atoms with Crippen LogP contribution < -0.4 is 11.1 Å². The van der Waals surface area contributed by atoms with Gasteiger partial charge in [0, 0.05) is 26.2 Å². The number of amides is 3. The smallest absolute Gasteiger partial charge is 0.318 e. The molecule has 1 aromatic heterocycles. The molecule has 30 heavy (non-hydrogen) atoms. The van der Waals surface area contributed by atoms with E-state index in [4.69, 9.17) is 10.3 Å². The highest BCUT2D eigenvalue weighted by atomic mass is 32.2. The number of nitrogens with two attached hydrogens (primary N) is 1. The first kappa shape index (κ1) is 21.9. The zero-order valence-electron chi connectivity index (χ0n) is 16.9. The van der Waals surface area contributed by atoms with E-state index in [-0.39, 0.29) is 17.2 Å². The Morgan fingerprint density at radius 3 is 2.43 bits per heavy atom. The molecule has 0 aliphatic carbocycles. The molecule has 2 heterocycles. The van der Waals surface area contributed by atoms with Crippen molar-refractivity contribution in [3.63, 3.8) is 0 Å². The van der Waals surface area contributed by atoms with Gasteiger partial charge in [-0.3, -0.25) is 15.0 Å². The molecule has 162 valence electrons. The molecule has 1 unspecified atom stereocenters. The summed E-state index contributed by atoms with van der Waals surface area (Å²) in [5.74, 6) is -0.299. The minimum atomic E-state index is -3.78. The molecule has 1 aliphatic rings. The minimum absolute atomic E-state index is 0.0852. The number of sulfonamides is 1. The molecule has 1 aromatic carbocycles. The summed E-state index contributed by atoms with van der Waals surface area (Å²) < 4.78 is 32.7. The van der Waals surface area contributed by atoms with Crippen molar-refractivity contribution in [3.8, 4) is 0 Å². The molecule has 1 aliphatic heterocycles. The van der Waals surface area contributed by atoms with Crippen molar-refractivity contribution >= 4 is 22.0 Å². The van der Waals surface area contributed by atoms with Crippen molar-refractivity contribution in [2.75, 3.05) is 26.2 Å². The summed E-state index contributed by atoms with van der Waals surface area (Å²) in [4.78, 5) is 25.9. The SMILES string of the molecule is Cc1noc(C)c1S(=O)(=O)N1CCCN(C(C(=O)NC(N)=O)c2ccccc2)CC1. The Hall–Kier alpha value is -2.76. The standard InChI is InChI=1S/C19H25N5O5S/c1-13-17(14(2)29-22-13)30(27,28)24-10-6-9-23(11-12-24)16(18(25)21-19(20)26)15-7-4-3-5-8-15/h3-5,7-8,16H,6,9-12H2,1-2H3,(H3,20,21,25,26). The van der Waals surface area contributed by atoms with Crippen LogP contribution >= 0.6 is 0 Å². The van der Waals surface area contributed by atoms with Crippen molar-refractivity contribution < 1.29 is 22.5 Å². The summed E-state index contributed by atoms with van der Waals surface area (Å²) in [6, 6.07) is 7.30. The lowest BCUT2D eigenvalue weighted by molar-refractivity contribution is -0.125. The summed E-state index contributed by atoms with van der Waals surface area (Å²) in [5, 5.41) is 5.89. The Bertz CT molecular complexity index is 1000. The number of hydrogen-bond donors (Lipinski definition) is 2. The number of hydrogen-bond acceptors (Lipinski definition) is 7. The van der Waals surface area contributed by atoms with Crippen molar-refractivity contribution in [1.82, 2.24) is 19.7 Å². The Labute approximate surface area is 175 Å². The summed E-state index contributed by atoms with van der Waals surface area (Å²) in [6.45, 7) is 4.40. The van der Waals surface area contributed by atoms with Gasteiger partial charge in [0.1, 0.15) is 16.6 Å². The van der Waals surface area contributed by atoms with E-state index in [1.807, 2.05) is 11.0 Å². The highest BCUT2D eigenvalue weighted by Gasteiger charge is 2.35. The van der Waals surface area contributed by atoms with Crippen LogP contribution in [0.1, 0.15) is 29.5 Å². The average Bonchev–Trinajstić information content (AvgIpc) is 2.88. The van der Waals surface area contributed by atoms with Gasteiger partial charge in [-0.15, -0.1) is 0 Å². The van der Waals surface area contributed by atoms with Crippen molar-refractivity contribution in [3.05, 3.63) is 47.3 Å². The maximum Gasteiger partial charge on any atom is 0.318 e. The second-order valence-electron chi connectivity index (χ2n) is 7.11. The second-order valence-corrected chi connectivity index (χ2v) is 8.99. The number of rotatable bonds is 5. The number of carbonyl (C=O) groups is 2. The molecule has 0 spiro atoms. The zero-order valence-corrected chi connectivity index (χ0v) is 17.7. The van der Waals surface area contributed by atoms with E-state index in [1.54, 1.807) is 38.1 Å². The molecule has 3 rings (SSSR count). The molecular formula is C19H25N5O5S. The molecule has 3 N–H and O–H groups in total. The first-order chi connectivity index (χ1) is 14.2. The quantitative estimate of drug-likeness (QED) is 0.712. The molecule has 0 bridgehead atoms. The van der Waals surface area contributed by atoms with E-state index in [2.05, 4.69) is 10.5 Å². The molecule has 3 amide bonds. The van der Waals surface area contributed by atoms with Crippen LogP contribution in [0.5, 0.6) is 0 Å². The summed E-state index contributed by atoms with van der Waals surface area (Å²) in [6.07, 6.45) is 0.510. The molecule has 0 saturated carbocycles. The lowest BCUT2D eigenvalue weighted by atomic mass is 10.0. The number of aryl methyl sites for hydroxylation is 2. The summed E-state index contributed by atoms with van der Waals surface area (Å²) in [5.41, 5.74) is 6.15. The predicted octanol–water partition coefficient (Wildman–Crippen LogP) is 0.924. The summed E-state index contributed by atoms with van der Waals surface area (Å²) >= 11 is 0. The Morgan fingerprint density at radius 1 is 1.13 bits per heavy atom. The van der Waals surface area contributed by atoms with Crippen LogP contribution in [0.25, 0.3) is 0 Å². The molecule has 1 saturated heterocycles. The number of imide groups is 1. The van der Waals surface area contributed by atoms with E-state index in [9.17, 15) is 18.0 Å². The van der Waals surface area contributed by atoms with Gasteiger partial charge in [0.05, 0.1) is 0 Å². The van der Waals surface area contributed by atoms with Gasteiger partial charge in [0.2, 0.25) is 15.9 Å². The molecule has 2 aromatic rings. The van der Waals surface area contributed by atoms with Crippen LogP contribution in [0.15, 0.2) is 39.8 Å². The predicted molar refractivity (Wildman–Crippen MR) is 108 cm³/mol. The Morgan fingerprint density at radius 2 is 1.83 bits per heavy atom. The van der Waals surface area contributed by atoms with E-state index in [0.29, 0.717) is 37.3 Å². The number of nitrogens with zero attached hydrogens (tertiary/aromatic N) is 3. The molecule has 11 heteroatoms. The molecule has 1 atom stereocenters. The monoisotopic (exact) mass is 435 g/mol. The van der Waals surface area contributed by atoms with Crippen molar-refractivity contribution in [1.29, 1.82) is 0 Å². The van der Waals surface area contributed by atoms with Gasteiger partial charge < -0.3 is 10.3 Å². The Kier molecular flexibility index (Phi) is 6.54. The van der Waals surface area contributed by atoms with Gasteiger partial charge >= 0.3 is 6.03 Å². The number of benzene rings is 1. The van der Waals surface area contributed by atoms with Gasteiger partial charge in [0.25, 0.3) is 0 Å². The van der Waals surface area contributed by atoms with Crippen LogP contribution in [0, 0.1) is 13.8 Å². The summed E-state index contributed by atoms with van der Waals surface area (Å²) in [7, 11) is -3.78. The van der Waals surface area contributed by atoms with Crippen molar-refractivity contribution in [2.24, 2.45) is 5.73 Å². The normalized spacial score (nSPS) is 17.3. The van der Waals surface area contributed by atoms with Crippen LogP contribution in [-0.4, -0.2) is 60.9 Å². The largest absolute Gasteiger partial charge is 0.360 e. The molecule has 0 radical (unpaired) electrons. The third-order valence-electron chi connectivity index (χ3n) is 5.03. The number of nitrogens with one attached hydrogen (secondary N) is 1. The lowest BCUT2D eigenvalue weighted by Gasteiger charge is -2.29. The van der Waals surface area contributed by atoms with Crippen LogP contribution in [0.2, 0.25) is 0 Å². The van der Waals surface area contributed by atoms with E-state index in [1.165, 1.54) is 4.31 Å². The maximum absolute atomic E-state index is 13.1. The maximum atomic E-state index is 13.1. The van der Waals surface area contributed by atoms with Gasteiger partial charge in [-0.05, 0) is 25.8 Å². The van der Waals surface area contributed by atoms with Gasteiger partial charge in [-0.2, -0.15) is 4.31 Å². The highest BCUT2D eigenvalue weighted by molar-refractivity contribution is 7.89. The van der Waals surface area contributed by atoms with Gasteiger partial charge in [0.15, 0.2) is 5.76 Å². The Balaban J connectivity index is 1.84. The van der Waals surface area contributed by atoms with Crippen molar-refractivity contribution in [2.45, 2.75) is 31.2 Å². The molecule has 10 nitrogen and oxygen atoms in total. The molecular weight excluding hydrogens is 410 g/mol. The first-order valence-corrected chi connectivity index (χ1v) is 11.0.